The maximum atomic E-state index is 13.7. The van der Waals surface area contributed by atoms with Crippen molar-refractivity contribution in [2.75, 3.05) is 22.6 Å². The summed E-state index contributed by atoms with van der Waals surface area (Å²) in [5.74, 6) is -0.432. The number of imide groups is 1. The zero-order valence-corrected chi connectivity index (χ0v) is 26.6. The van der Waals surface area contributed by atoms with Gasteiger partial charge in [0, 0.05) is 18.2 Å². The van der Waals surface area contributed by atoms with E-state index in [-0.39, 0.29) is 34.1 Å². The average Bonchev–Trinajstić information content (AvgIpc) is 3.84. The minimum absolute atomic E-state index is 0.107. The van der Waals surface area contributed by atoms with Crippen molar-refractivity contribution < 1.29 is 39.2 Å². The van der Waals surface area contributed by atoms with Gasteiger partial charge >= 0.3 is 0 Å². The molecule has 5 aromatic rings. The van der Waals surface area contributed by atoms with Crippen LogP contribution in [0, 0.1) is 6.92 Å². The maximum absolute atomic E-state index is 13.7. The monoisotopic (exact) mass is 668 g/mol. The zero-order valence-electron chi connectivity index (χ0n) is 26.6. The maximum Gasteiger partial charge on any atom is 0.266 e. The van der Waals surface area contributed by atoms with Gasteiger partial charge in [0.15, 0.2) is 18.7 Å². The first-order valence-electron chi connectivity index (χ1n) is 15.8. The molecule has 0 saturated heterocycles. The molecule has 0 radical (unpaired) electrons. The number of carbonyl (C=O) groups excluding carboxylic acids is 3. The number of nitrogens with one attached hydrogen (secondary N) is 2. The largest absolute Gasteiger partial charge is 0.507 e. The van der Waals surface area contributed by atoms with Crippen LogP contribution in [0.5, 0.6) is 23.0 Å². The van der Waals surface area contributed by atoms with E-state index in [0.717, 1.165) is 16.2 Å². The van der Waals surface area contributed by atoms with Crippen LogP contribution in [0.4, 0.5) is 17.1 Å². The van der Waals surface area contributed by atoms with Crippen LogP contribution in [0.15, 0.2) is 84.9 Å². The Morgan fingerprint density at radius 3 is 1.88 bits per heavy atom. The normalized spacial score (nSPS) is 19.7. The van der Waals surface area contributed by atoms with E-state index in [1.165, 1.54) is 24.1 Å². The molecule has 0 bridgehead atoms. The Hall–Kier alpha value is -6.53. The summed E-state index contributed by atoms with van der Waals surface area (Å²) in [6.45, 7) is 1.97. The summed E-state index contributed by atoms with van der Waals surface area (Å²) < 4.78 is 12.0. The average molecular weight is 669 g/mol. The first-order chi connectivity index (χ1) is 24.0. The SMILES string of the molecule is Cc1ccc2c(c1)NC(c1cc(O)c(C3Nc4cc(N5C(=O)c6ccc(-c7ccc8c(c7)C(O)N(C)C8=O)cc6C5=O)ccc4O3)cc1O)O2. The Morgan fingerprint density at radius 1 is 0.620 bits per heavy atom. The molecule has 5 N–H and O–H groups in total. The molecule has 4 aliphatic heterocycles. The lowest BCUT2D eigenvalue weighted by atomic mass is 9.97. The van der Waals surface area contributed by atoms with Crippen molar-refractivity contribution in [2.45, 2.75) is 25.6 Å². The quantitative estimate of drug-likeness (QED) is 0.114. The predicted molar refractivity (Wildman–Crippen MR) is 181 cm³/mol. The second kappa shape index (κ2) is 10.5. The van der Waals surface area contributed by atoms with Crippen molar-refractivity contribution in [3.8, 4) is 34.1 Å². The van der Waals surface area contributed by atoms with Crippen LogP contribution in [0.3, 0.4) is 0 Å². The number of hydrogen-bond acceptors (Lipinski definition) is 10. The van der Waals surface area contributed by atoms with Gasteiger partial charge in [0.2, 0.25) is 0 Å². The third-order valence-corrected chi connectivity index (χ3v) is 9.63. The number of aliphatic hydroxyl groups is 1. The molecule has 9 rings (SSSR count). The first-order valence-corrected chi connectivity index (χ1v) is 15.8. The van der Waals surface area contributed by atoms with Gasteiger partial charge in [0.25, 0.3) is 17.7 Å². The highest BCUT2D eigenvalue weighted by atomic mass is 16.5. The molecule has 3 amide bonds. The number of aromatic hydroxyl groups is 2. The number of benzene rings is 5. The van der Waals surface area contributed by atoms with Crippen molar-refractivity contribution in [1.82, 2.24) is 4.90 Å². The molecular formula is C38H28N4O8. The fraction of sp³-hybridized carbons (Fsp3) is 0.132. The zero-order chi connectivity index (χ0) is 34.6. The summed E-state index contributed by atoms with van der Waals surface area (Å²) in [6, 6.07) is 23.5. The Morgan fingerprint density at radius 2 is 1.20 bits per heavy atom. The minimum atomic E-state index is -1.07. The molecule has 4 heterocycles. The van der Waals surface area contributed by atoms with Crippen LogP contribution in [0.25, 0.3) is 11.1 Å². The highest BCUT2D eigenvalue weighted by molar-refractivity contribution is 6.34. The van der Waals surface area contributed by atoms with E-state index in [0.29, 0.717) is 50.7 Å². The van der Waals surface area contributed by atoms with Gasteiger partial charge in [-0.3, -0.25) is 14.4 Å². The number of nitrogens with zero attached hydrogens (tertiary/aromatic N) is 2. The van der Waals surface area contributed by atoms with E-state index in [2.05, 4.69) is 10.6 Å². The number of ether oxygens (including phenoxy) is 2. The molecule has 50 heavy (non-hydrogen) atoms. The predicted octanol–water partition coefficient (Wildman–Crippen LogP) is 5.96. The highest BCUT2D eigenvalue weighted by Gasteiger charge is 2.39. The Kier molecular flexibility index (Phi) is 6.21. The summed E-state index contributed by atoms with van der Waals surface area (Å²) >= 11 is 0. The van der Waals surface area contributed by atoms with E-state index in [4.69, 9.17) is 9.47 Å². The molecule has 5 aromatic carbocycles. The molecule has 3 unspecified atom stereocenters. The van der Waals surface area contributed by atoms with Gasteiger partial charge in [-0.05, 0) is 90.3 Å². The lowest BCUT2D eigenvalue weighted by molar-refractivity contribution is 0.0301. The fourth-order valence-electron chi connectivity index (χ4n) is 6.95. The van der Waals surface area contributed by atoms with Crippen LogP contribution in [-0.2, 0) is 0 Å². The molecule has 0 fully saturated rings. The number of amides is 3. The number of hydrogen-bond donors (Lipinski definition) is 5. The third-order valence-electron chi connectivity index (χ3n) is 9.63. The van der Waals surface area contributed by atoms with Gasteiger partial charge < -0.3 is 40.3 Å². The van der Waals surface area contributed by atoms with Crippen molar-refractivity contribution in [3.63, 3.8) is 0 Å². The number of anilines is 3. The summed E-state index contributed by atoms with van der Waals surface area (Å²) in [4.78, 5) is 42.0. The summed E-state index contributed by atoms with van der Waals surface area (Å²) in [6.07, 6.45) is -2.64. The van der Waals surface area contributed by atoms with Gasteiger partial charge in [0.05, 0.1) is 39.3 Å². The van der Waals surface area contributed by atoms with Crippen molar-refractivity contribution in [2.24, 2.45) is 0 Å². The number of fused-ring (bicyclic) bond motifs is 4. The first kappa shape index (κ1) is 29.6. The van der Waals surface area contributed by atoms with Crippen LogP contribution >= 0.6 is 0 Å². The second-order valence-corrected chi connectivity index (χ2v) is 12.7. The number of phenolic OH excluding ortho intramolecular Hbond substituents is 2. The number of aryl methyl sites for hydroxylation is 1. The minimum Gasteiger partial charge on any atom is -0.507 e. The van der Waals surface area contributed by atoms with E-state index in [9.17, 15) is 29.7 Å². The second-order valence-electron chi connectivity index (χ2n) is 12.7. The number of rotatable bonds is 4. The molecule has 0 aromatic heterocycles. The molecule has 0 saturated carbocycles. The van der Waals surface area contributed by atoms with Gasteiger partial charge in [-0.1, -0.05) is 18.2 Å². The standard InChI is InChI=1S/C38H28N4O8/c1-17-3-9-31-27(11-17)39-33(49-31)25-15-30(44)26(16-29(25)43)34-40-28-14-20(6-10-32(28)50-34)42-37(47)22-8-5-19(13-24(22)38(42)48)18-4-7-21-23(12-18)36(46)41(2)35(21)45/h3-16,33-34,36,39-40,43-44,46H,1-2H3. The van der Waals surface area contributed by atoms with Crippen molar-refractivity contribution in [1.29, 1.82) is 0 Å². The number of phenols is 2. The van der Waals surface area contributed by atoms with Gasteiger partial charge in [-0.2, -0.15) is 0 Å². The van der Waals surface area contributed by atoms with Gasteiger partial charge in [-0.25, -0.2) is 4.90 Å². The van der Waals surface area contributed by atoms with Crippen LogP contribution in [-0.4, -0.2) is 45.0 Å². The summed E-state index contributed by atoms with van der Waals surface area (Å²) in [5, 5.41) is 38.9. The lowest BCUT2D eigenvalue weighted by Gasteiger charge is -2.18. The third kappa shape index (κ3) is 4.31. The Labute approximate surface area is 284 Å². The molecule has 0 aliphatic carbocycles. The van der Waals surface area contributed by atoms with Gasteiger partial charge in [-0.15, -0.1) is 0 Å². The lowest BCUT2D eigenvalue weighted by Crippen LogP contribution is -2.29. The van der Waals surface area contributed by atoms with Crippen molar-refractivity contribution >= 4 is 34.8 Å². The number of carbonyl (C=O) groups is 3. The fourth-order valence-corrected chi connectivity index (χ4v) is 6.95. The molecule has 3 atom stereocenters. The van der Waals surface area contributed by atoms with Gasteiger partial charge in [0.1, 0.15) is 23.0 Å². The van der Waals surface area contributed by atoms with E-state index < -0.39 is 30.5 Å². The Balaban J connectivity index is 0.950. The smallest absolute Gasteiger partial charge is 0.266 e. The number of aliphatic hydroxyl groups excluding tert-OH is 1. The molecule has 248 valence electrons. The summed E-state index contributed by atoms with van der Waals surface area (Å²) in [5.41, 5.74) is 5.97. The molecule has 12 heteroatoms. The van der Waals surface area contributed by atoms with Crippen LogP contribution in [0.1, 0.15) is 72.0 Å². The van der Waals surface area contributed by atoms with E-state index in [1.807, 2.05) is 25.1 Å². The molecule has 4 aliphatic rings. The topological polar surface area (TPSA) is 161 Å². The van der Waals surface area contributed by atoms with E-state index in [1.54, 1.807) is 54.6 Å². The molecule has 12 nitrogen and oxygen atoms in total. The highest BCUT2D eigenvalue weighted by Crippen LogP contribution is 2.47. The molecular weight excluding hydrogens is 640 g/mol. The Bertz CT molecular complexity index is 2360. The molecule has 0 spiro atoms. The van der Waals surface area contributed by atoms with E-state index >= 15 is 0 Å². The summed E-state index contributed by atoms with van der Waals surface area (Å²) in [7, 11) is 1.53. The van der Waals surface area contributed by atoms with Crippen LogP contribution in [0.2, 0.25) is 0 Å². The van der Waals surface area contributed by atoms with Crippen LogP contribution < -0.4 is 25.0 Å². The van der Waals surface area contributed by atoms with Crippen molar-refractivity contribution in [3.05, 3.63) is 124 Å².